The molecule has 0 heterocycles. The monoisotopic (exact) mass is 335 g/mol. The third kappa shape index (κ3) is 5.35. The van der Waals surface area contributed by atoms with E-state index in [1.807, 2.05) is 0 Å². The fourth-order valence-corrected chi connectivity index (χ4v) is 3.42. The summed E-state index contributed by atoms with van der Waals surface area (Å²) in [5, 5.41) is 2.97. The summed E-state index contributed by atoms with van der Waals surface area (Å²) in [5.74, 6) is 0.912. The molecular weight excluding hydrogens is 310 g/mol. The average Bonchev–Trinajstić information content (AvgIpc) is 2.60. The molecule has 4 heteroatoms. The Bertz CT molecular complexity index is 519. The van der Waals surface area contributed by atoms with Crippen molar-refractivity contribution in [2.45, 2.75) is 51.9 Å². The normalized spacial score (nSPS) is 21.0. The molecule has 0 spiro atoms. The average molecular weight is 336 g/mol. The van der Waals surface area contributed by atoms with E-state index in [2.05, 4.69) is 12.2 Å². The van der Waals surface area contributed by atoms with Crippen molar-refractivity contribution in [3.63, 3.8) is 0 Å². The lowest BCUT2D eigenvalue weighted by molar-refractivity contribution is -0.121. The maximum Gasteiger partial charge on any atom is 0.227 e. The van der Waals surface area contributed by atoms with E-state index in [9.17, 15) is 9.59 Å². The Morgan fingerprint density at radius 3 is 2.35 bits per heavy atom. The van der Waals surface area contributed by atoms with Crippen molar-refractivity contribution in [3.05, 3.63) is 29.8 Å². The van der Waals surface area contributed by atoms with Crippen LogP contribution in [0, 0.1) is 11.8 Å². The summed E-state index contributed by atoms with van der Waals surface area (Å²) in [7, 11) is 0. The van der Waals surface area contributed by atoms with Gasteiger partial charge in [0.25, 0.3) is 0 Å². The molecule has 2 rings (SSSR count). The van der Waals surface area contributed by atoms with E-state index in [1.165, 1.54) is 32.1 Å². The molecule has 1 saturated carbocycles. The van der Waals surface area contributed by atoms with Crippen molar-refractivity contribution < 1.29 is 9.59 Å². The highest BCUT2D eigenvalue weighted by Gasteiger charge is 2.25. The maximum atomic E-state index is 12.4. The van der Waals surface area contributed by atoms with E-state index in [-0.39, 0.29) is 23.5 Å². The molecule has 126 valence electrons. The van der Waals surface area contributed by atoms with E-state index in [0.717, 1.165) is 24.4 Å². The smallest absolute Gasteiger partial charge is 0.227 e. The van der Waals surface area contributed by atoms with Crippen LogP contribution in [0.5, 0.6) is 0 Å². The van der Waals surface area contributed by atoms with Gasteiger partial charge in [0.15, 0.2) is 5.78 Å². The topological polar surface area (TPSA) is 46.2 Å². The van der Waals surface area contributed by atoms with Crippen LogP contribution in [-0.2, 0) is 4.79 Å². The van der Waals surface area contributed by atoms with E-state index < -0.39 is 0 Å². The summed E-state index contributed by atoms with van der Waals surface area (Å²) in [6.07, 6.45) is 8.17. The molecule has 0 radical (unpaired) electrons. The lowest BCUT2D eigenvalue weighted by Gasteiger charge is -2.27. The van der Waals surface area contributed by atoms with Gasteiger partial charge in [-0.25, -0.2) is 0 Å². The largest absolute Gasteiger partial charge is 0.326 e. The number of ketones is 1. The molecule has 1 aliphatic rings. The van der Waals surface area contributed by atoms with Gasteiger partial charge in [-0.3, -0.25) is 9.59 Å². The fraction of sp³-hybridized carbons (Fsp3) is 0.579. The third-order valence-corrected chi connectivity index (χ3v) is 5.02. The van der Waals surface area contributed by atoms with E-state index in [0.29, 0.717) is 5.56 Å². The van der Waals surface area contributed by atoms with Crippen LogP contribution >= 0.6 is 11.6 Å². The van der Waals surface area contributed by atoms with E-state index >= 15 is 0 Å². The number of carbonyl (C=O) groups is 2. The molecule has 1 aromatic carbocycles. The van der Waals surface area contributed by atoms with Crippen LogP contribution in [-0.4, -0.2) is 17.6 Å². The second-order valence-electron chi connectivity index (χ2n) is 6.48. The second-order valence-corrected chi connectivity index (χ2v) is 6.75. The molecule has 23 heavy (non-hydrogen) atoms. The van der Waals surface area contributed by atoms with Crippen molar-refractivity contribution in [1.82, 2.24) is 0 Å². The molecule has 0 unspecified atom stereocenters. The number of carbonyl (C=O) groups excluding carboxylic acids is 2. The van der Waals surface area contributed by atoms with Gasteiger partial charge in [0.1, 0.15) is 0 Å². The number of alkyl halides is 1. The minimum Gasteiger partial charge on any atom is -0.326 e. The highest BCUT2D eigenvalue weighted by Crippen LogP contribution is 2.32. The highest BCUT2D eigenvalue weighted by molar-refractivity contribution is 6.30. The molecule has 1 fully saturated rings. The standard InChI is InChI=1S/C19H26ClNO2/c1-2-3-4-14-5-7-16(8-6-14)19(23)21-17-11-9-15(10-12-17)18(22)13-20/h9-12,14,16H,2-8,13H2,1H3,(H,21,23). The van der Waals surface area contributed by atoms with Crippen LogP contribution in [0.3, 0.4) is 0 Å². The molecule has 0 aliphatic heterocycles. The Morgan fingerprint density at radius 2 is 1.78 bits per heavy atom. The first kappa shape index (κ1) is 18.0. The molecular formula is C19H26ClNO2. The molecule has 3 nitrogen and oxygen atoms in total. The first-order chi connectivity index (χ1) is 11.1. The highest BCUT2D eigenvalue weighted by atomic mass is 35.5. The number of unbranched alkanes of at least 4 members (excludes halogenated alkanes) is 1. The minimum atomic E-state index is -0.102. The van der Waals surface area contributed by atoms with Gasteiger partial charge in [-0.15, -0.1) is 11.6 Å². The summed E-state index contributed by atoms with van der Waals surface area (Å²) >= 11 is 5.54. The predicted octanol–water partition coefficient (Wildman–Crippen LogP) is 5.04. The number of Topliss-reactive ketones (excluding diaryl/α,β-unsaturated/α-hetero) is 1. The number of anilines is 1. The van der Waals surface area contributed by atoms with Crippen LogP contribution < -0.4 is 5.32 Å². The summed E-state index contributed by atoms with van der Waals surface area (Å²) in [4.78, 5) is 23.8. The van der Waals surface area contributed by atoms with Crippen LogP contribution in [0.25, 0.3) is 0 Å². The molecule has 1 aliphatic carbocycles. The van der Waals surface area contributed by atoms with Crippen molar-refractivity contribution in [2.75, 3.05) is 11.2 Å². The number of hydrogen-bond donors (Lipinski definition) is 1. The summed E-state index contributed by atoms with van der Waals surface area (Å²) in [5.41, 5.74) is 1.32. The number of nitrogens with one attached hydrogen (secondary N) is 1. The lowest BCUT2D eigenvalue weighted by atomic mass is 9.79. The summed E-state index contributed by atoms with van der Waals surface area (Å²) in [6, 6.07) is 6.96. The fourth-order valence-electron chi connectivity index (χ4n) is 3.27. The van der Waals surface area contributed by atoms with Gasteiger partial charge in [0.05, 0.1) is 5.88 Å². The van der Waals surface area contributed by atoms with Crippen molar-refractivity contribution in [2.24, 2.45) is 11.8 Å². The first-order valence-corrected chi connectivity index (χ1v) is 9.17. The van der Waals surface area contributed by atoms with Crippen molar-refractivity contribution in [1.29, 1.82) is 0 Å². The van der Waals surface area contributed by atoms with Crippen LogP contribution in [0.4, 0.5) is 5.69 Å². The van der Waals surface area contributed by atoms with Gasteiger partial charge in [-0.2, -0.15) is 0 Å². The van der Waals surface area contributed by atoms with Gasteiger partial charge in [-0.1, -0.05) is 26.2 Å². The molecule has 1 N–H and O–H groups in total. The first-order valence-electron chi connectivity index (χ1n) is 8.64. The molecule has 1 amide bonds. The number of hydrogen-bond acceptors (Lipinski definition) is 2. The van der Waals surface area contributed by atoms with Gasteiger partial charge < -0.3 is 5.32 Å². The molecule has 0 saturated heterocycles. The quantitative estimate of drug-likeness (QED) is 0.560. The van der Waals surface area contributed by atoms with E-state index in [4.69, 9.17) is 11.6 Å². The maximum absolute atomic E-state index is 12.4. The Balaban J connectivity index is 1.82. The van der Waals surface area contributed by atoms with Crippen LogP contribution in [0.2, 0.25) is 0 Å². The molecule has 0 aromatic heterocycles. The summed E-state index contributed by atoms with van der Waals surface area (Å²) in [6.45, 7) is 2.23. The van der Waals surface area contributed by atoms with Gasteiger partial charge in [-0.05, 0) is 55.9 Å². The van der Waals surface area contributed by atoms with Gasteiger partial charge >= 0.3 is 0 Å². The lowest BCUT2D eigenvalue weighted by Crippen LogP contribution is -2.27. The number of halogens is 1. The number of amides is 1. The van der Waals surface area contributed by atoms with E-state index in [1.54, 1.807) is 24.3 Å². The minimum absolute atomic E-state index is 0.0209. The predicted molar refractivity (Wildman–Crippen MR) is 95.1 cm³/mol. The zero-order chi connectivity index (χ0) is 16.7. The van der Waals surface area contributed by atoms with Gasteiger partial charge in [0.2, 0.25) is 5.91 Å². The molecule has 0 bridgehead atoms. The van der Waals surface area contributed by atoms with Gasteiger partial charge in [0, 0.05) is 17.2 Å². The molecule has 0 atom stereocenters. The SMILES string of the molecule is CCCCC1CCC(C(=O)Nc2ccc(C(=O)CCl)cc2)CC1. The Labute approximate surface area is 143 Å². The van der Waals surface area contributed by atoms with Crippen LogP contribution in [0.15, 0.2) is 24.3 Å². The zero-order valence-electron chi connectivity index (χ0n) is 13.8. The number of benzene rings is 1. The second kappa shape index (κ2) is 9.07. The molecule has 1 aromatic rings. The summed E-state index contributed by atoms with van der Waals surface area (Å²) < 4.78 is 0. The Morgan fingerprint density at radius 1 is 1.13 bits per heavy atom. The zero-order valence-corrected chi connectivity index (χ0v) is 14.6. The third-order valence-electron chi connectivity index (χ3n) is 4.78. The Hall–Kier alpha value is -1.35. The van der Waals surface area contributed by atoms with Crippen molar-refractivity contribution >= 4 is 29.0 Å². The van der Waals surface area contributed by atoms with Crippen LogP contribution in [0.1, 0.15) is 62.2 Å². The van der Waals surface area contributed by atoms with Crippen molar-refractivity contribution in [3.8, 4) is 0 Å². The Kier molecular flexibility index (Phi) is 7.10. The number of rotatable bonds is 7.